The van der Waals surface area contributed by atoms with Crippen molar-refractivity contribution in [3.05, 3.63) is 24.3 Å². The summed E-state index contributed by atoms with van der Waals surface area (Å²) >= 11 is 0. The van der Waals surface area contributed by atoms with Crippen molar-refractivity contribution >= 4 is 21.7 Å². The van der Waals surface area contributed by atoms with E-state index in [-0.39, 0.29) is 12.2 Å². The molecule has 9 nitrogen and oxygen atoms in total. The Morgan fingerprint density at radius 3 is 2.50 bits per heavy atom. The molecule has 1 aromatic heterocycles. The highest BCUT2D eigenvalue weighted by Crippen LogP contribution is 2.41. The Morgan fingerprint density at radius 2 is 2.00 bits per heavy atom. The second-order valence-corrected chi connectivity index (χ2v) is 10.3. The maximum Gasteiger partial charge on any atom is 0.423 e. The number of carbonyl (C=O) groups excluding carboxylic acids is 2. The molecule has 3 atom stereocenters. The van der Waals surface area contributed by atoms with Gasteiger partial charge in [-0.3, -0.25) is 14.8 Å². The highest BCUT2D eigenvalue weighted by Gasteiger charge is 2.56. The molecule has 0 radical (unpaired) electrons. The summed E-state index contributed by atoms with van der Waals surface area (Å²) < 4.78 is 61.9. The van der Waals surface area contributed by atoms with Crippen molar-refractivity contribution < 1.29 is 36.8 Å². The van der Waals surface area contributed by atoms with Gasteiger partial charge in [-0.05, 0) is 27.2 Å². The van der Waals surface area contributed by atoms with Crippen molar-refractivity contribution in [3.63, 3.8) is 0 Å². The van der Waals surface area contributed by atoms with E-state index in [9.17, 15) is 32.1 Å². The number of nitrogens with one attached hydrogen (secondary N) is 1. The van der Waals surface area contributed by atoms with E-state index in [4.69, 9.17) is 4.74 Å². The zero-order valence-corrected chi connectivity index (χ0v) is 17.4. The summed E-state index contributed by atoms with van der Waals surface area (Å²) in [6.45, 7) is 4.89. The number of alkyl carbamates (subject to hydrolysis) is 1. The zero-order chi connectivity index (χ0) is 22.8. The first-order chi connectivity index (χ1) is 13.7. The van der Waals surface area contributed by atoms with Crippen LogP contribution in [-0.2, 0) is 24.9 Å². The van der Waals surface area contributed by atoms with Gasteiger partial charge in [-0.25, -0.2) is 9.00 Å². The number of rotatable bonds is 5. The summed E-state index contributed by atoms with van der Waals surface area (Å²) in [5.74, 6) is -1.84. The number of amides is 2. The molecule has 0 spiro atoms. The molecule has 2 N–H and O–H groups in total. The first-order valence-electron chi connectivity index (χ1n) is 8.97. The van der Waals surface area contributed by atoms with Crippen LogP contribution in [0.1, 0.15) is 39.3 Å². The lowest BCUT2D eigenvalue weighted by molar-refractivity contribution is -0.269. The van der Waals surface area contributed by atoms with Crippen LogP contribution in [0.4, 0.5) is 18.0 Å². The molecule has 1 aliphatic heterocycles. The third-order valence-corrected chi connectivity index (χ3v) is 6.44. The molecule has 13 heteroatoms. The molecular formula is C17H23F3N4O5S. The van der Waals surface area contributed by atoms with E-state index < -0.39 is 63.0 Å². The number of halogens is 3. The van der Waals surface area contributed by atoms with Crippen LogP contribution in [0.2, 0.25) is 0 Å². The Hall–Kier alpha value is -2.28. The van der Waals surface area contributed by atoms with Crippen LogP contribution in [0, 0.1) is 0 Å². The molecule has 2 unspecified atom stereocenters. The lowest BCUT2D eigenvalue weighted by Gasteiger charge is -2.30. The van der Waals surface area contributed by atoms with Crippen molar-refractivity contribution in [2.24, 2.45) is 4.36 Å². The molecule has 168 valence electrons. The first kappa shape index (κ1) is 24.0. The van der Waals surface area contributed by atoms with Crippen LogP contribution in [0.3, 0.4) is 0 Å². The van der Waals surface area contributed by atoms with Gasteiger partial charge in [0.05, 0.1) is 21.6 Å². The van der Waals surface area contributed by atoms with Gasteiger partial charge in [0.15, 0.2) is 0 Å². The van der Waals surface area contributed by atoms with Crippen molar-refractivity contribution in [2.75, 3.05) is 11.5 Å². The second-order valence-electron chi connectivity index (χ2n) is 7.80. The standard InChI is InChI=1S/C17H23F3N4O5S/c1-15(2,3)29-14(26)23-11-4-8-30(28,24-13(11)25)9-5-16(27,17(18,19)20)12-10-21-6-7-22-12/h6-7,10-11,27H,4-5,8-9H2,1-3H3,(H,23,26)/t11-,16?,30?/m0/s1. The third-order valence-electron chi connectivity index (χ3n) is 4.21. The summed E-state index contributed by atoms with van der Waals surface area (Å²) in [4.78, 5) is 31.0. The van der Waals surface area contributed by atoms with Gasteiger partial charge in [0, 0.05) is 30.3 Å². The molecular weight excluding hydrogens is 429 g/mol. The second kappa shape index (κ2) is 8.46. The van der Waals surface area contributed by atoms with Gasteiger partial charge in [0.25, 0.3) is 5.91 Å². The number of carbonyl (C=O) groups is 2. The fourth-order valence-electron chi connectivity index (χ4n) is 2.67. The number of hydrogen-bond donors (Lipinski definition) is 2. The molecule has 2 rings (SSSR count). The number of alkyl halides is 3. The van der Waals surface area contributed by atoms with E-state index in [0.29, 0.717) is 0 Å². The average molecular weight is 452 g/mol. The summed E-state index contributed by atoms with van der Waals surface area (Å²) in [7, 11) is -3.37. The number of ether oxygens (including phenoxy) is 1. The Balaban J connectivity index is 2.14. The molecule has 0 fully saturated rings. The molecule has 30 heavy (non-hydrogen) atoms. The van der Waals surface area contributed by atoms with E-state index in [1.54, 1.807) is 20.8 Å². The van der Waals surface area contributed by atoms with E-state index in [1.165, 1.54) is 0 Å². The minimum absolute atomic E-state index is 0.0873. The summed E-state index contributed by atoms with van der Waals surface area (Å²) in [5, 5.41) is 12.6. The topological polar surface area (TPSA) is 131 Å². The van der Waals surface area contributed by atoms with Gasteiger partial charge in [0.1, 0.15) is 11.6 Å². The number of aromatic nitrogens is 2. The van der Waals surface area contributed by atoms with Gasteiger partial charge < -0.3 is 15.2 Å². The van der Waals surface area contributed by atoms with Gasteiger partial charge >= 0.3 is 12.3 Å². The lowest BCUT2D eigenvalue weighted by Crippen LogP contribution is -2.47. The molecule has 0 bridgehead atoms. The minimum atomic E-state index is -5.11. The average Bonchev–Trinajstić information content (AvgIpc) is 2.60. The molecule has 0 saturated carbocycles. The normalized spacial score (nSPS) is 24.5. The van der Waals surface area contributed by atoms with Crippen LogP contribution in [0.15, 0.2) is 23.0 Å². The highest BCUT2D eigenvalue weighted by molar-refractivity contribution is 7.93. The highest BCUT2D eigenvalue weighted by atomic mass is 32.2. The first-order valence-corrected chi connectivity index (χ1v) is 10.8. The van der Waals surface area contributed by atoms with Crippen LogP contribution < -0.4 is 5.32 Å². The molecule has 0 saturated heterocycles. The lowest BCUT2D eigenvalue weighted by atomic mass is 9.96. The van der Waals surface area contributed by atoms with Crippen LogP contribution >= 0.6 is 0 Å². The van der Waals surface area contributed by atoms with Crippen molar-refractivity contribution in [3.8, 4) is 0 Å². The largest absolute Gasteiger partial charge is 0.444 e. The van der Waals surface area contributed by atoms with Crippen LogP contribution in [0.5, 0.6) is 0 Å². The SMILES string of the molecule is CC(C)(C)OC(=O)N[C@H]1CCS(=O)(CCC(O)(c2cnccn2)C(F)(F)F)=NC1=O. The Bertz CT molecular complexity index is 910. The van der Waals surface area contributed by atoms with Crippen molar-refractivity contribution in [1.82, 2.24) is 15.3 Å². The van der Waals surface area contributed by atoms with Crippen molar-refractivity contribution in [1.29, 1.82) is 0 Å². The Labute approximate surface area is 171 Å². The monoisotopic (exact) mass is 452 g/mol. The number of aliphatic hydroxyl groups is 1. The molecule has 2 amide bonds. The predicted octanol–water partition coefficient (Wildman–Crippen LogP) is 1.91. The fourth-order valence-corrected chi connectivity index (χ4v) is 4.73. The summed E-state index contributed by atoms with van der Waals surface area (Å²) in [5.41, 5.74) is -4.93. The molecule has 1 aliphatic rings. The molecule has 2 heterocycles. The summed E-state index contributed by atoms with van der Waals surface area (Å²) in [6.07, 6.45) is -4.17. The van der Waals surface area contributed by atoms with E-state index >= 15 is 0 Å². The molecule has 1 aromatic rings. The minimum Gasteiger partial charge on any atom is -0.444 e. The van der Waals surface area contributed by atoms with E-state index in [1.807, 2.05) is 0 Å². The van der Waals surface area contributed by atoms with E-state index in [0.717, 1.165) is 18.6 Å². The Kier molecular flexibility index (Phi) is 6.76. The van der Waals surface area contributed by atoms with E-state index in [2.05, 4.69) is 19.6 Å². The maximum atomic E-state index is 13.5. The molecule has 0 aromatic carbocycles. The summed E-state index contributed by atoms with van der Waals surface area (Å²) in [6, 6.07) is -1.09. The fraction of sp³-hybridized carbons (Fsp3) is 0.647. The maximum absolute atomic E-state index is 13.5. The van der Waals surface area contributed by atoms with Crippen LogP contribution in [-0.4, -0.2) is 60.6 Å². The smallest absolute Gasteiger partial charge is 0.423 e. The van der Waals surface area contributed by atoms with Gasteiger partial charge in [-0.1, -0.05) is 0 Å². The van der Waals surface area contributed by atoms with Gasteiger partial charge in [0.2, 0.25) is 5.60 Å². The zero-order valence-electron chi connectivity index (χ0n) is 16.6. The van der Waals surface area contributed by atoms with Gasteiger partial charge in [-0.2, -0.15) is 17.5 Å². The van der Waals surface area contributed by atoms with Crippen LogP contribution in [0.25, 0.3) is 0 Å². The third kappa shape index (κ3) is 5.88. The number of hydrogen-bond acceptors (Lipinski definition) is 7. The molecule has 0 aliphatic carbocycles. The quantitative estimate of drug-likeness (QED) is 0.698. The predicted molar refractivity (Wildman–Crippen MR) is 99.7 cm³/mol. The van der Waals surface area contributed by atoms with Crippen molar-refractivity contribution in [2.45, 2.75) is 57.0 Å². The Morgan fingerprint density at radius 1 is 1.33 bits per heavy atom. The number of nitrogens with zero attached hydrogens (tertiary/aromatic N) is 3. The van der Waals surface area contributed by atoms with Gasteiger partial charge in [-0.15, -0.1) is 0 Å².